The zero-order chi connectivity index (χ0) is 26.7. The Bertz CT molecular complexity index is 646. The van der Waals surface area contributed by atoms with Crippen LogP contribution in [-0.4, -0.2) is 98.8 Å². The lowest BCUT2D eigenvalue weighted by molar-refractivity contribution is -0.357. The first-order valence-electron chi connectivity index (χ1n) is 12.9. The first-order valence-corrected chi connectivity index (χ1v) is 14.4. The van der Waals surface area contributed by atoms with Crippen molar-refractivity contribution in [2.75, 3.05) is 18.4 Å². The van der Waals surface area contributed by atoms with Crippen LogP contribution in [0.5, 0.6) is 0 Å². The second-order valence-corrected chi connectivity index (χ2v) is 10.6. The average Bonchev–Trinajstić information content (AvgIpc) is 3.12. The highest BCUT2D eigenvalue weighted by Crippen LogP contribution is 2.38. The van der Waals surface area contributed by atoms with E-state index in [4.69, 9.17) is 53.8 Å². The van der Waals surface area contributed by atoms with E-state index in [9.17, 15) is 25.2 Å². The van der Waals surface area contributed by atoms with Gasteiger partial charge in [0.1, 0.15) is 43.2 Å². The summed E-state index contributed by atoms with van der Waals surface area (Å²) in [7, 11) is 0. The van der Waals surface area contributed by atoms with Gasteiger partial charge in [0.15, 0.2) is 6.29 Å². The summed E-state index contributed by atoms with van der Waals surface area (Å²) in [6, 6.07) is 0. The Morgan fingerprint density at radius 1 is 0.889 bits per heavy atom. The molecule has 2 saturated heterocycles. The summed E-state index contributed by atoms with van der Waals surface area (Å²) in [6.45, 7) is 1.93. The molecule has 2 rings (SSSR count). The molecule has 0 unspecified atom stereocenters. The first kappa shape index (κ1) is 32.3. The fourth-order valence-corrected chi connectivity index (χ4v) is 5.18. The van der Waals surface area contributed by atoms with Gasteiger partial charge < -0.3 is 39.4 Å². The minimum atomic E-state index is -1.94. The van der Waals surface area contributed by atoms with Crippen LogP contribution in [0.3, 0.4) is 0 Å². The largest absolute Gasteiger partial charge is 0.463 e. The van der Waals surface area contributed by atoms with E-state index >= 15 is 0 Å². The van der Waals surface area contributed by atoms with Crippen molar-refractivity contribution >= 4 is 40.8 Å². The summed E-state index contributed by atoms with van der Waals surface area (Å²) in [5, 5.41) is 40.3. The molecule has 2 aliphatic heterocycles. The molecule has 36 heavy (non-hydrogen) atoms. The van der Waals surface area contributed by atoms with Gasteiger partial charge in [-0.3, -0.25) is 4.79 Å². The predicted octanol–water partition coefficient (Wildman–Crippen LogP) is 2.82. The van der Waals surface area contributed by atoms with Crippen molar-refractivity contribution in [1.29, 1.82) is 0 Å². The Kier molecular flexibility index (Phi) is 14.5. The summed E-state index contributed by atoms with van der Waals surface area (Å²) in [5.41, 5.74) is 0. The lowest BCUT2D eigenvalue weighted by atomic mass is 10.0. The van der Waals surface area contributed by atoms with Gasteiger partial charge >= 0.3 is 5.97 Å². The van der Waals surface area contributed by atoms with Crippen LogP contribution in [0.25, 0.3) is 0 Å². The Morgan fingerprint density at radius 3 is 2.06 bits per heavy atom. The molecule has 0 saturated carbocycles. The topological polar surface area (TPSA) is 135 Å². The molecular weight excluding hydrogens is 539 g/mol. The third kappa shape index (κ3) is 8.79. The molecule has 2 fully saturated rings. The quantitative estimate of drug-likeness (QED) is 0.124. The van der Waals surface area contributed by atoms with E-state index in [1.165, 1.54) is 32.1 Å². The molecule has 4 N–H and O–H groups in total. The van der Waals surface area contributed by atoms with Gasteiger partial charge in [-0.2, -0.15) is 0 Å². The fraction of sp³-hybridized carbons (Fsp3) is 0.958. The van der Waals surface area contributed by atoms with Gasteiger partial charge in [0.2, 0.25) is 5.79 Å². The standard InChI is InChI=1S/C24H41Cl3O9/c1-2-3-4-5-6-7-8-9-10-11-17(28)33-13-16-18(27)20(30)21(31)23(34-16)36-24(14-26)22(32)19(29)15(12-25)35-24/h15-16,18-23,29-32H,2-14H2,1H3/t15-,16-,18+,19-,20+,21-,22+,23-,24-/m1/s1. The van der Waals surface area contributed by atoms with E-state index in [-0.39, 0.29) is 18.9 Å². The number of halogens is 3. The monoisotopic (exact) mass is 578 g/mol. The molecule has 0 amide bonds. The van der Waals surface area contributed by atoms with Crippen LogP contribution in [0.4, 0.5) is 0 Å². The van der Waals surface area contributed by atoms with E-state index in [0.29, 0.717) is 6.42 Å². The number of unbranched alkanes of at least 4 members (excludes halogenated alkanes) is 8. The Hall–Kier alpha value is 0.0600. The zero-order valence-electron chi connectivity index (χ0n) is 20.8. The Balaban J connectivity index is 1.80. The average molecular weight is 580 g/mol. The third-order valence-corrected chi connectivity index (χ3v) is 7.89. The van der Waals surface area contributed by atoms with Gasteiger partial charge in [-0.25, -0.2) is 0 Å². The number of carbonyl (C=O) groups excluding carboxylic acids is 1. The minimum Gasteiger partial charge on any atom is -0.463 e. The summed E-state index contributed by atoms with van der Waals surface area (Å²) in [5.74, 6) is -2.92. The van der Waals surface area contributed by atoms with Crippen molar-refractivity contribution < 1.29 is 44.2 Å². The van der Waals surface area contributed by atoms with Crippen LogP contribution in [-0.2, 0) is 23.7 Å². The number of carbonyl (C=O) groups is 1. The van der Waals surface area contributed by atoms with E-state index in [0.717, 1.165) is 19.3 Å². The van der Waals surface area contributed by atoms with Crippen molar-refractivity contribution in [1.82, 2.24) is 0 Å². The second kappa shape index (κ2) is 16.2. The zero-order valence-corrected chi connectivity index (χ0v) is 23.0. The number of aliphatic hydroxyl groups excluding tert-OH is 4. The molecule has 0 spiro atoms. The number of ether oxygens (including phenoxy) is 4. The molecule has 0 aromatic heterocycles. The highest BCUT2D eigenvalue weighted by Gasteiger charge is 2.58. The SMILES string of the molecule is CCCCCCCCCCCC(=O)OC[C@H]1O[C@H](O[C@@]2(CCl)O[C@H](CCl)[C@@H](O)[C@@H]2O)[C@H](O)[C@@H](O)[C@H]1Cl. The molecule has 2 aliphatic rings. The lowest BCUT2D eigenvalue weighted by Crippen LogP contribution is -2.61. The van der Waals surface area contributed by atoms with Gasteiger partial charge in [0, 0.05) is 6.42 Å². The smallest absolute Gasteiger partial charge is 0.305 e. The predicted molar refractivity (Wildman–Crippen MR) is 135 cm³/mol. The molecule has 0 aromatic carbocycles. The van der Waals surface area contributed by atoms with Crippen molar-refractivity contribution in [3.63, 3.8) is 0 Å². The van der Waals surface area contributed by atoms with Crippen LogP contribution in [0, 0.1) is 0 Å². The van der Waals surface area contributed by atoms with Crippen molar-refractivity contribution in [2.45, 2.75) is 125 Å². The van der Waals surface area contributed by atoms with Crippen molar-refractivity contribution in [2.24, 2.45) is 0 Å². The number of hydrogen-bond acceptors (Lipinski definition) is 9. The number of aliphatic hydroxyl groups is 4. The van der Waals surface area contributed by atoms with Gasteiger partial charge in [0.05, 0.1) is 17.1 Å². The maximum absolute atomic E-state index is 12.2. The van der Waals surface area contributed by atoms with Crippen molar-refractivity contribution in [3.8, 4) is 0 Å². The number of rotatable bonds is 16. The number of hydrogen-bond donors (Lipinski definition) is 4. The summed E-state index contributed by atoms with van der Waals surface area (Å²) < 4.78 is 22.1. The molecule has 0 aromatic rings. The molecule has 9 atom stereocenters. The molecule has 0 aliphatic carbocycles. The maximum Gasteiger partial charge on any atom is 0.305 e. The molecular formula is C24H41Cl3O9. The van der Waals surface area contributed by atoms with Crippen LogP contribution >= 0.6 is 34.8 Å². The molecule has 2 heterocycles. The number of esters is 1. The van der Waals surface area contributed by atoms with Gasteiger partial charge in [-0.05, 0) is 6.42 Å². The Labute approximate surface area is 228 Å². The van der Waals surface area contributed by atoms with Crippen LogP contribution < -0.4 is 0 Å². The van der Waals surface area contributed by atoms with Gasteiger partial charge in [-0.1, -0.05) is 58.3 Å². The minimum absolute atomic E-state index is 0.141. The lowest BCUT2D eigenvalue weighted by Gasteiger charge is -2.43. The molecule has 212 valence electrons. The fourth-order valence-electron chi connectivity index (χ4n) is 4.37. The van der Waals surface area contributed by atoms with E-state index in [1.54, 1.807) is 0 Å². The van der Waals surface area contributed by atoms with Crippen LogP contribution in [0.1, 0.15) is 71.1 Å². The second-order valence-electron chi connectivity index (χ2n) is 9.54. The normalized spacial score (nSPS) is 36.8. The first-order chi connectivity index (χ1) is 17.2. The van der Waals surface area contributed by atoms with Gasteiger partial charge in [-0.15, -0.1) is 34.8 Å². The molecule has 0 radical (unpaired) electrons. The summed E-state index contributed by atoms with van der Waals surface area (Å²) in [6.07, 6.45) is 0.821. The number of alkyl halides is 3. The highest BCUT2D eigenvalue weighted by atomic mass is 35.5. The van der Waals surface area contributed by atoms with E-state index in [2.05, 4.69) is 6.92 Å². The summed E-state index contributed by atoms with van der Waals surface area (Å²) >= 11 is 18.0. The van der Waals surface area contributed by atoms with E-state index in [1.807, 2.05) is 0 Å². The Morgan fingerprint density at radius 2 is 1.50 bits per heavy atom. The maximum atomic E-state index is 12.2. The van der Waals surface area contributed by atoms with Crippen molar-refractivity contribution in [3.05, 3.63) is 0 Å². The molecule has 0 bridgehead atoms. The third-order valence-electron chi connectivity index (χ3n) is 6.67. The van der Waals surface area contributed by atoms with Gasteiger partial charge in [0.25, 0.3) is 0 Å². The van der Waals surface area contributed by atoms with Crippen LogP contribution in [0.2, 0.25) is 0 Å². The molecule has 9 nitrogen and oxygen atoms in total. The summed E-state index contributed by atoms with van der Waals surface area (Å²) in [4.78, 5) is 12.2. The highest BCUT2D eigenvalue weighted by molar-refractivity contribution is 6.21. The van der Waals surface area contributed by atoms with E-state index < -0.39 is 65.9 Å². The van der Waals surface area contributed by atoms with Crippen LogP contribution in [0.15, 0.2) is 0 Å². The molecule has 12 heteroatoms.